The lowest BCUT2D eigenvalue weighted by molar-refractivity contribution is -0.131. The maximum atomic E-state index is 12.5. The highest BCUT2D eigenvalue weighted by molar-refractivity contribution is 6.33. The van der Waals surface area contributed by atoms with Crippen LogP contribution < -0.4 is 15.8 Å². The van der Waals surface area contributed by atoms with Gasteiger partial charge in [0.2, 0.25) is 5.91 Å². The van der Waals surface area contributed by atoms with Gasteiger partial charge in [0.1, 0.15) is 11.1 Å². The molecule has 4 rings (SSSR count). The van der Waals surface area contributed by atoms with E-state index in [-0.39, 0.29) is 23.1 Å². The third kappa shape index (κ3) is 5.40. The monoisotopic (exact) mass is 459 g/mol. The summed E-state index contributed by atoms with van der Waals surface area (Å²) in [5.41, 5.74) is 1.10. The zero-order valence-corrected chi connectivity index (χ0v) is 18.4. The molecular weight excluding hydrogens is 434 g/mol. The highest BCUT2D eigenvalue weighted by Crippen LogP contribution is 2.25. The van der Waals surface area contributed by atoms with E-state index < -0.39 is 11.7 Å². The number of anilines is 1. The summed E-state index contributed by atoms with van der Waals surface area (Å²) in [6.07, 6.45) is 3.17. The summed E-state index contributed by atoms with van der Waals surface area (Å²) in [5, 5.41) is 9.07. The second kappa shape index (κ2) is 10.0. The lowest BCUT2D eigenvalue weighted by Gasteiger charge is -2.32. The number of carbonyl (C=O) groups excluding carboxylic acids is 2. The minimum Gasteiger partial charge on any atom is -0.444 e. The van der Waals surface area contributed by atoms with Crippen LogP contribution in [0, 0.1) is 0 Å². The largest absolute Gasteiger partial charge is 0.444 e. The van der Waals surface area contributed by atoms with E-state index in [4.69, 9.17) is 16.3 Å². The maximum Gasteiger partial charge on any atom is 0.407 e. The number of benzene rings is 1. The normalized spacial score (nSPS) is 19.1. The number of aromatic nitrogens is 2. The lowest BCUT2D eigenvalue weighted by Crippen LogP contribution is -2.47. The minimum absolute atomic E-state index is 0.0212. The number of ether oxygens (including phenoxy) is 1. The van der Waals surface area contributed by atoms with Crippen LogP contribution in [-0.4, -0.2) is 65.4 Å². The summed E-state index contributed by atoms with van der Waals surface area (Å²) >= 11 is 6.06. The van der Waals surface area contributed by atoms with Crippen LogP contribution >= 0.6 is 11.6 Å². The van der Waals surface area contributed by atoms with Crippen molar-refractivity contribution in [2.75, 3.05) is 31.1 Å². The molecule has 10 heteroatoms. The van der Waals surface area contributed by atoms with Gasteiger partial charge in [-0.25, -0.2) is 9.89 Å². The van der Waals surface area contributed by atoms with E-state index in [9.17, 15) is 14.4 Å². The molecule has 2 saturated heterocycles. The molecule has 0 saturated carbocycles. The average molecular weight is 460 g/mol. The van der Waals surface area contributed by atoms with Gasteiger partial charge in [-0.15, -0.1) is 0 Å². The van der Waals surface area contributed by atoms with Gasteiger partial charge in [0.25, 0.3) is 5.56 Å². The number of rotatable bonds is 5. The molecule has 9 nitrogen and oxygen atoms in total. The van der Waals surface area contributed by atoms with Gasteiger partial charge in [-0.3, -0.25) is 9.59 Å². The standard InChI is InChI=1S/C22H26ClN5O4/c23-20-18(13-24-26-21(20)30)28-11-8-17(14-28)32-22(31)25-16-6-9-27(10-7-16)19(29)12-15-4-2-1-3-5-15/h1-5,13,16-17H,6-12,14H2,(H,25,31)(H,26,30)/t17-/m1/s1. The maximum absolute atomic E-state index is 12.5. The van der Waals surface area contributed by atoms with Crippen LogP contribution in [0.3, 0.4) is 0 Å². The van der Waals surface area contributed by atoms with Crippen LogP contribution in [0.4, 0.5) is 10.5 Å². The molecule has 32 heavy (non-hydrogen) atoms. The SMILES string of the molecule is O=C(NC1CCN(C(=O)Cc2ccccc2)CC1)O[C@@H]1CCN(c2cn[nH]c(=O)c2Cl)C1. The Balaban J connectivity index is 1.20. The summed E-state index contributed by atoms with van der Waals surface area (Å²) in [5.74, 6) is 0.108. The second-order valence-electron chi connectivity index (χ2n) is 8.12. The van der Waals surface area contributed by atoms with E-state index in [2.05, 4.69) is 15.5 Å². The summed E-state index contributed by atoms with van der Waals surface area (Å²) in [6.45, 7) is 2.29. The molecular formula is C22H26ClN5O4. The number of hydrogen-bond acceptors (Lipinski definition) is 6. The molecule has 0 unspecified atom stereocenters. The molecule has 2 N–H and O–H groups in total. The van der Waals surface area contributed by atoms with Gasteiger partial charge in [0.15, 0.2) is 0 Å². The Bertz CT molecular complexity index is 1010. The van der Waals surface area contributed by atoms with Gasteiger partial charge >= 0.3 is 6.09 Å². The fourth-order valence-corrected chi connectivity index (χ4v) is 4.36. The topological polar surface area (TPSA) is 108 Å². The molecule has 2 aliphatic rings. The molecule has 2 aliphatic heterocycles. The molecule has 0 aliphatic carbocycles. The minimum atomic E-state index is -0.457. The van der Waals surface area contributed by atoms with E-state index in [0.717, 1.165) is 5.56 Å². The fraction of sp³-hybridized carbons (Fsp3) is 0.455. The van der Waals surface area contributed by atoms with Crippen molar-refractivity contribution in [3.8, 4) is 0 Å². The van der Waals surface area contributed by atoms with Crippen molar-refractivity contribution in [1.82, 2.24) is 20.4 Å². The zero-order valence-electron chi connectivity index (χ0n) is 17.6. The van der Waals surface area contributed by atoms with E-state index in [1.54, 1.807) is 0 Å². The van der Waals surface area contributed by atoms with E-state index >= 15 is 0 Å². The molecule has 1 aromatic heterocycles. The predicted octanol–water partition coefficient (Wildman–Crippen LogP) is 1.96. The molecule has 2 fully saturated rings. The Morgan fingerprint density at radius 3 is 2.66 bits per heavy atom. The number of piperidine rings is 1. The third-order valence-electron chi connectivity index (χ3n) is 5.90. The van der Waals surface area contributed by atoms with Crippen LogP contribution in [0.2, 0.25) is 5.02 Å². The summed E-state index contributed by atoms with van der Waals surface area (Å²) in [4.78, 5) is 40.2. The molecule has 2 amide bonds. The van der Waals surface area contributed by atoms with Crippen LogP contribution in [0.1, 0.15) is 24.8 Å². The highest BCUT2D eigenvalue weighted by Gasteiger charge is 2.29. The average Bonchev–Trinajstić information content (AvgIpc) is 3.24. The number of alkyl carbamates (subject to hydrolysis) is 1. The molecule has 1 atom stereocenters. The number of amides is 2. The van der Waals surface area contributed by atoms with E-state index in [1.807, 2.05) is 40.1 Å². The van der Waals surface area contributed by atoms with Crippen LogP contribution in [0.5, 0.6) is 0 Å². The molecule has 170 valence electrons. The van der Waals surface area contributed by atoms with Gasteiger partial charge in [0, 0.05) is 32.1 Å². The Kier molecular flexibility index (Phi) is 6.94. The fourth-order valence-electron chi connectivity index (χ4n) is 4.15. The number of hydrogen-bond donors (Lipinski definition) is 2. The summed E-state index contributed by atoms with van der Waals surface area (Å²) < 4.78 is 5.57. The van der Waals surface area contributed by atoms with Gasteiger partial charge in [0.05, 0.1) is 24.8 Å². The highest BCUT2D eigenvalue weighted by atomic mass is 35.5. The number of carbonyl (C=O) groups is 2. The van der Waals surface area contributed by atoms with Crippen molar-refractivity contribution in [1.29, 1.82) is 0 Å². The van der Waals surface area contributed by atoms with Gasteiger partial charge in [-0.1, -0.05) is 41.9 Å². The first kappa shape index (κ1) is 22.1. The van der Waals surface area contributed by atoms with Crippen molar-refractivity contribution in [3.05, 3.63) is 57.5 Å². The lowest BCUT2D eigenvalue weighted by atomic mass is 10.0. The Labute approximate surface area is 190 Å². The molecule has 0 spiro atoms. The zero-order chi connectivity index (χ0) is 22.5. The smallest absolute Gasteiger partial charge is 0.407 e. The van der Waals surface area contributed by atoms with Crippen LogP contribution in [-0.2, 0) is 16.0 Å². The van der Waals surface area contributed by atoms with Crippen molar-refractivity contribution in [3.63, 3.8) is 0 Å². The number of nitrogens with one attached hydrogen (secondary N) is 2. The van der Waals surface area contributed by atoms with Crippen molar-refractivity contribution < 1.29 is 14.3 Å². The van der Waals surface area contributed by atoms with E-state index in [0.29, 0.717) is 57.5 Å². The van der Waals surface area contributed by atoms with Crippen molar-refractivity contribution in [2.45, 2.75) is 37.8 Å². The van der Waals surface area contributed by atoms with Gasteiger partial charge in [-0.05, 0) is 18.4 Å². The summed E-state index contributed by atoms with van der Waals surface area (Å²) in [6, 6.07) is 9.67. The first-order valence-electron chi connectivity index (χ1n) is 10.8. The summed E-state index contributed by atoms with van der Waals surface area (Å²) in [7, 11) is 0. The van der Waals surface area contributed by atoms with Gasteiger partial charge < -0.3 is 19.9 Å². The van der Waals surface area contributed by atoms with Crippen LogP contribution in [0.15, 0.2) is 41.3 Å². The molecule has 2 aromatic rings. The number of likely N-dealkylation sites (tertiary alicyclic amines) is 1. The first-order valence-corrected chi connectivity index (χ1v) is 11.1. The molecule has 3 heterocycles. The Morgan fingerprint density at radius 1 is 1.16 bits per heavy atom. The van der Waals surface area contributed by atoms with E-state index in [1.165, 1.54) is 6.20 Å². The Hall–Kier alpha value is -3.07. The second-order valence-corrected chi connectivity index (χ2v) is 8.50. The van der Waals surface area contributed by atoms with Crippen molar-refractivity contribution >= 4 is 29.3 Å². The molecule has 0 radical (unpaired) electrons. The van der Waals surface area contributed by atoms with Crippen LogP contribution in [0.25, 0.3) is 0 Å². The number of aromatic amines is 1. The van der Waals surface area contributed by atoms with Gasteiger partial charge in [-0.2, -0.15) is 5.10 Å². The molecule has 1 aromatic carbocycles. The number of H-pyrrole nitrogens is 1. The number of halogens is 1. The first-order chi connectivity index (χ1) is 15.5. The molecule has 0 bridgehead atoms. The Morgan fingerprint density at radius 2 is 1.91 bits per heavy atom. The quantitative estimate of drug-likeness (QED) is 0.707. The predicted molar refractivity (Wildman–Crippen MR) is 120 cm³/mol. The number of nitrogens with zero attached hydrogens (tertiary/aromatic N) is 3. The van der Waals surface area contributed by atoms with Crippen molar-refractivity contribution in [2.24, 2.45) is 0 Å². The third-order valence-corrected chi connectivity index (χ3v) is 6.27.